The highest BCUT2D eigenvalue weighted by molar-refractivity contribution is 5.99. The molecule has 1 heterocycles. The molecule has 2 aliphatic rings. The Hall–Kier alpha value is -2.58. The van der Waals surface area contributed by atoms with Crippen molar-refractivity contribution in [1.82, 2.24) is 5.32 Å². The van der Waals surface area contributed by atoms with Gasteiger partial charge in [0.1, 0.15) is 6.54 Å². The minimum absolute atomic E-state index is 0.141. The highest BCUT2D eigenvalue weighted by Gasteiger charge is 2.40. The van der Waals surface area contributed by atoms with Gasteiger partial charge < -0.3 is 15.0 Å². The maximum atomic E-state index is 13.1. The molecule has 1 aliphatic heterocycles. The zero-order chi connectivity index (χ0) is 21.0. The third-order valence-electron chi connectivity index (χ3n) is 5.37. The number of carbonyl (C=O) groups is 3. The molecule has 0 unspecified atom stereocenters. The number of halogens is 3. The first kappa shape index (κ1) is 21.1. The molecule has 0 spiro atoms. The Morgan fingerprint density at radius 2 is 1.79 bits per heavy atom. The number of hydrogen-bond acceptors (Lipinski definition) is 4. The number of hydrogen-bond donors (Lipinski definition) is 1. The summed E-state index contributed by atoms with van der Waals surface area (Å²) in [5, 5.41) is 1.65. The number of para-hydroxylation sites is 1. The van der Waals surface area contributed by atoms with E-state index in [0.717, 1.165) is 30.5 Å². The van der Waals surface area contributed by atoms with Gasteiger partial charge >= 0.3 is 12.1 Å². The number of fused-ring (bicyclic) bond motifs is 1. The Morgan fingerprint density at radius 1 is 1.10 bits per heavy atom. The van der Waals surface area contributed by atoms with Gasteiger partial charge in [-0.2, -0.15) is 13.2 Å². The topological polar surface area (TPSA) is 75.7 Å². The summed E-state index contributed by atoms with van der Waals surface area (Å²) in [5.41, 5.74) is 1.93. The molecule has 0 saturated heterocycles. The first-order valence-corrected chi connectivity index (χ1v) is 9.65. The number of esters is 1. The minimum Gasteiger partial charge on any atom is -0.455 e. The molecule has 29 heavy (non-hydrogen) atoms. The van der Waals surface area contributed by atoms with Crippen LogP contribution in [0.2, 0.25) is 0 Å². The fourth-order valence-corrected chi connectivity index (χ4v) is 3.97. The van der Waals surface area contributed by atoms with Crippen molar-refractivity contribution in [2.45, 2.75) is 38.3 Å². The van der Waals surface area contributed by atoms with Gasteiger partial charge in [0.25, 0.3) is 5.91 Å². The molecule has 158 valence electrons. The van der Waals surface area contributed by atoms with Crippen LogP contribution in [0.3, 0.4) is 0 Å². The van der Waals surface area contributed by atoms with Gasteiger partial charge in [-0.25, -0.2) is 0 Å². The Bertz CT molecular complexity index is 781. The monoisotopic (exact) mass is 412 g/mol. The zero-order valence-electron chi connectivity index (χ0n) is 15.8. The van der Waals surface area contributed by atoms with Crippen molar-refractivity contribution >= 4 is 23.5 Å². The summed E-state index contributed by atoms with van der Waals surface area (Å²) in [6, 6.07) is 7.62. The molecule has 1 aromatic carbocycles. The van der Waals surface area contributed by atoms with Gasteiger partial charge in [0, 0.05) is 12.2 Å². The molecule has 1 aromatic rings. The lowest BCUT2D eigenvalue weighted by Crippen LogP contribution is -2.43. The number of anilines is 1. The third-order valence-corrected chi connectivity index (χ3v) is 5.37. The van der Waals surface area contributed by atoms with Gasteiger partial charge in [-0.3, -0.25) is 14.4 Å². The first-order chi connectivity index (χ1) is 13.8. The van der Waals surface area contributed by atoms with E-state index in [1.165, 1.54) is 0 Å². The average molecular weight is 412 g/mol. The van der Waals surface area contributed by atoms with Gasteiger partial charge in [0.05, 0.1) is 11.8 Å². The molecule has 2 atom stereocenters. The van der Waals surface area contributed by atoms with E-state index >= 15 is 0 Å². The standard InChI is InChI=1S/C20H23F3N2O4/c21-20(22,23)12-24-17(26)11-29-19(28)15-7-3-2-6-14(15)18(27)25-10-9-13-5-1-4-8-16(13)25/h1,4-5,8,14-15H,2-3,6-7,9-12H2,(H,24,26)/t14-,15-/m0/s1. The van der Waals surface area contributed by atoms with Crippen LogP contribution in [0.25, 0.3) is 0 Å². The van der Waals surface area contributed by atoms with Crippen molar-refractivity contribution in [3.05, 3.63) is 29.8 Å². The van der Waals surface area contributed by atoms with Crippen LogP contribution in [0.15, 0.2) is 24.3 Å². The van der Waals surface area contributed by atoms with Crippen LogP contribution >= 0.6 is 0 Å². The molecule has 0 bridgehead atoms. The quantitative estimate of drug-likeness (QED) is 0.755. The van der Waals surface area contributed by atoms with Gasteiger partial charge in [-0.15, -0.1) is 0 Å². The number of amides is 2. The molecular formula is C20H23F3N2O4. The molecule has 9 heteroatoms. The largest absolute Gasteiger partial charge is 0.455 e. The molecule has 1 fully saturated rings. The highest BCUT2D eigenvalue weighted by atomic mass is 19.4. The average Bonchev–Trinajstić information content (AvgIpc) is 3.13. The van der Waals surface area contributed by atoms with Gasteiger partial charge in [-0.05, 0) is 30.9 Å². The lowest BCUT2D eigenvalue weighted by Gasteiger charge is -2.32. The molecule has 1 N–H and O–H groups in total. The number of nitrogens with one attached hydrogen (secondary N) is 1. The van der Waals surface area contributed by atoms with Crippen molar-refractivity contribution in [3.8, 4) is 0 Å². The summed E-state index contributed by atoms with van der Waals surface area (Å²) >= 11 is 0. The maximum absolute atomic E-state index is 13.1. The maximum Gasteiger partial charge on any atom is 0.405 e. The molecule has 1 saturated carbocycles. The summed E-state index contributed by atoms with van der Waals surface area (Å²) in [4.78, 5) is 38.8. The van der Waals surface area contributed by atoms with E-state index in [9.17, 15) is 27.6 Å². The van der Waals surface area contributed by atoms with E-state index in [1.54, 1.807) is 10.2 Å². The molecule has 3 rings (SSSR count). The van der Waals surface area contributed by atoms with Crippen molar-refractivity contribution in [3.63, 3.8) is 0 Å². The number of rotatable bonds is 5. The number of ether oxygens (including phenoxy) is 1. The fraction of sp³-hybridized carbons (Fsp3) is 0.550. The summed E-state index contributed by atoms with van der Waals surface area (Å²) in [6.45, 7) is -1.72. The second kappa shape index (κ2) is 8.84. The van der Waals surface area contributed by atoms with Crippen LogP contribution in [-0.2, 0) is 25.5 Å². The van der Waals surface area contributed by atoms with Crippen LogP contribution in [0, 0.1) is 11.8 Å². The second-order valence-electron chi connectivity index (χ2n) is 7.37. The number of alkyl halides is 3. The number of carbonyl (C=O) groups excluding carboxylic acids is 3. The molecule has 1 aliphatic carbocycles. The lowest BCUT2D eigenvalue weighted by atomic mass is 9.78. The minimum atomic E-state index is -4.54. The van der Waals surface area contributed by atoms with Crippen molar-refractivity contribution in [2.24, 2.45) is 11.8 Å². The van der Waals surface area contributed by atoms with Gasteiger partial charge in [-0.1, -0.05) is 31.0 Å². The predicted molar refractivity (Wildman–Crippen MR) is 98.0 cm³/mol. The van der Waals surface area contributed by atoms with Gasteiger partial charge in [0.2, 0.25) is 5.91 Å². The summed E-state index contributed by atoms with van der Waals surface area (Å²) in [6.07, 6.45) is -1.23. The van der Waals surface area contributed by atoms with Crippen LogP contribution in [0.1, 0.15) is 31.2 Å². The lowest BCUT2D eigenvalue weighted by molar-refractivity contribution is -0.158. The molecule has 6 nitrogen and oxygen atoms in total. The SMILES string of the molecule is O=C(COC(=O)[C@H]1CCCC[C@@H]1C(=O)N1CCc2ccccc21)NCC(F)(F)F. The molecule has 0 aromatic heterocycles. The van der Waals surface area contributed by atoms with Crippen LogP contribution in [0.4, 0.5) is 18.9 Å². The number of benzene rings is 1. The van der Waals surface area contributed by atoms with E-state index in [1.807, 2.05) is 24.3 Å². The van der Waals surface area contributed by atoms with E-state index in [0.29, 0.717) is 19.4 Å². The van der Waals surface area contributed by atoms with Crippen LogP contribution in [-0.4, -0.2) is 43.7 Å². The normalized spacial score (nSPS) is 21.4. The van der Waals surface area contributed by atoms with Crippen LogP contribution < -0.4 is 10.2 Å². The van der Waals surface area contributed by atoms with E-state index in [2.05, 4.69) is 0 Å². The molecule has 2 amide bonds. The second-order valence-corrected chi connectivity index (χ2v) is 7.37. The smallest absolute Gasteiger partial charge is 0.405 e. The Balaban J connectivity index is 1.60. The number of nitrogens with zero attached hydrogens (tertiary/aromatic N) is 1. The van der Waals surface area contributed by atoms with Gasteiger partial charge in [0.15, 0.2) is 6.61 Å². The fourth-order valence-electron chi connectivity index (χ4n) is 3.97. The summed E-state index contributed by atoms with van der Waals surface area (Å²) in [5.74, 6) is -3.13. The van der Waals surface area contributed by atoms with E-state index < -0.39 is 43.0 Å². The van der Waals surface area contributed by atoms with Crippen molar-refractivity contribution in [2.75, 3.05) is 24.6 Å². The highest BCUT2D eigenvalue weighted by Crippen LogP contribution is 2.36. The van der Waals surface area contributed by atoms with Crippen molar-refractivity contribution < 1.29 is 32.3 Å². The Kier molecular flexibility index (Phi) is 6.44. The molecule has 0 radical (unpaired) electrons. The predicted octanol–water partition coefficient (Wildman–Crippen LogP) is 2.60. The molecular weight excluding hydrogens is 389 g/mol. The first-order valence-electron chi connectivity index (χ1n) is 9.65. The van der Waals surface area contributed by atoms with E-state index in [4.69, 9.17) is 4.74 Å². The zero-order valence-corrected chi connectivity index (χ0v) is 15.8. The van der Waals surface area contributed by atoms with Crippen molar-refractivity contribution in [1.29, 1.82) is 0 Å². The third kappa shape index (κ3) is 5.27. The van der Waals surface area contributed by atoms with Crippen LogP contribution in [0.5, 0.6) is 0 Å². The summed E-state index contributed by atoms with van der Waals surface area (Å²) in [7, 11) is 0. The summed E-state index contributed by atoms with van der Waals surface area (Å²) < 4.78 is 41.3. The Labute approximate surface area is 166 Å². The Morgan fingerprint density at radius 3 is 2.52 bits per heavy atom. The van der Waals surface area contributed by atoms with E-state index in [-0.39, 0.29) is 5.91 Å².